The minimum absolute atomic E-state index is 0.200. The fraction of sp³-hybridized carbons (Fsp3) is 0.545. The van der Waals surface area contributed by atoms with Crippen LogP contribution in [-0.2, 0) is 6.54 Å². The lowest BCUT2D eigenvalue weighted by molar-refractivity contribution is 0.322. The van der Waals surface area contributed by atoms with Gasteiger partial charge in [-0.25, -0.2) is 4.98 Å². The van der Waals surface area contributed by atoms with E-state index in [9.17, 15) is 0 Å². The third kappa shape index (κ3) is 2.49. The number of hydrogen-bond acceptors (Lipinski definition) is 5. The fourth-order valence-corrected chi connectivity index (χ4v) is 3.32. The Morgan fingerprint density at radius 1 is 1.59 bits per heavy atom. The van der Waals surface area contributed by atoms with E-state index < -0.39 is 0 Å². The van der Waals surface area contributed by atoms with Crippen LogP contribution in [-0.4, -0.2) is 32.9 Å². The van der Waals surface area contributed by atoms with Crippen molar-refractivity contribution < 1.29 is 5.11 Å². The number of thioether (sulfide) groups is 1. The molecule has 92 valence electrons. The van der Waals surface area contributed by atoms with Crippen LogP contribution < -0.4 is 5.32 Å². The highest BCUT2D eigenvalue weighted by atomic mass is 32.2. The Kier molecular flexibility index (Phi) is 3.37. The van der Waals surface area contributed by atoms with Gasteiger partial charge in [0.05, 0.1) is 12.3 Å². The third-order valence-corrected chi connectivity index (χ3v) is 4.53. The first kappa shape index (κ1) is 11.5. The van der Waals surface area contributed by atoms with Gasteiger partial charge in [0, 0.05) is 29.9 Å². The van der Waals surface area contributed by atoms with Crippen molar-refractivity contribution in [2.45, 2.75) is 30.5 Å². The van der Waals surface area contributed by atoms with E-state index in [-0.39, 0.29) is 6.61 Å². The first-order valence-corrected chi connectivity index (χ1v) is 7.66. The molecule has 6 heteroatoms. The lowest BCUT2D eigenvalue weighted by atomic mass is 10.4. The molecule has 0 aromatic carbocycles. The predicted octanol–water partition coefficient (Wildman–Crippen LogP) is 1.73. The summed E-state index contributed by atoms with van der Waals surface area (Å²) in [6, 6.07) is 0.704. The lowest BCUT2D eigenvalue weighted by Crippen LogP contribution is -2.17. The SMILES string of the molecule is OCCSc1nc2sccn2c1CNC1CC1. The summed E-state index contributed by atoms with van der Waals surface area (Å²) in [5.74, 6) is 0.710. The number of nitrogens with zero attached hydrogens (tertiary/aromatic N) is 2. The summed E-state index contributed by atoms with van der Waals surface area (Å²) in [7, 11) is 0. The molecule has 2 aromatic heterocycles. The van der Waals surface area contributed by atoms with Crippen LogP contribution in [0.3, 0.4) is 0 Å². The van der Waals surface area contributed by atoms with Gasteiger partial charge in [-0.2, -0.15) is 0 Å². The zero-order valence-electron chi connectivity index (χ0n) is 9.43. The number of aromatic nitrogens is 2. The van der Waals surface area contributed by atoms with E-state index in [1.807, 2.05) is 0 Å². The van der Waals surface area contributed by atoms with Crippen LogP contribution in [0.4, 0.5) is 0 Å². The second-order valence-electron chi connectivity index (χ2n) is 4.15. The van der Waals surface area contributed by atoms with E-state index in [1.54, 1.807) is 23.1 Å². The molecule has 2 N–H and O–H groups in total. The molecule has 4 nitrogen and oxygen atoms in total. The van der Waals surface area contributed by atoms with Crippen molar-refractivity contribution in [3.63, 3.8) is 0 Å². The van der Waals surface area contributed by atoms with Crippen LogP contribution in [0.25, 0.3) is 4.96 Å². The highest BCUT2D eigenvalue weighted by Crippen LogP contribution is 2.27. The maximum absolute atomic E-state index is 8.90. The van der Waals surface area contributed by atoms with Crippen molar-refractivity contribution in [1.29, 1.82) is 0 Å². The van der Waals surface area contributed by atoms with Gasteiger partial charge in [0.15, 0.2) is 4.96 Å². The molecule has 17 heavy (non-hydrogen) atoms. The van der Waals surface area contributed by atoms with Gasteiger partial charge in [-0.3, -0.25) is 4.40 Å². The quantitative estimate of drug-likeness (QED) is 0.784. The van der Waals surface area contributed by atoms with Gasteiger partial charge in [-0.1, -0.05) is 0 Å². The Morgan fingerprint density at radius 3 is 3.24 bits per heavy atom. The van der Waals surface area contributed by atoms with Crippen LogP contribution in [0.1, 0.15) is 18.5 Å². The molecule has 0 bridgehead atoms. The standard InChI is InChI=1S/C11H15N3OS2/c15-4-6-16-10-9(7-12-8-1-2-8)14-3-5-17-11(14)13-10/h3,5,8,12,15H,1-2,4,6-7H2. The van der Waals surface area contributed by atoms with E-state index in [0.29, 0.717) is 11.8 Å². The van der Waals surface area contributed by atoms with Crippen LogP contribution in [0, 0.1) is 0 Å². The number of hydrogen-bond donors (Lipinski definition) is 2. The van der Waals surface area contributed by atoms with E-state index in [4.69, 9.17) is 5.11 Å². The fourth-order valence-electron chi connectivity index (χ4n) is 1.76. The monoisotopic (exact) mass is 269 g/mol. The van der Waals surface area contributed by atoms with Gasteiger partial charge < -0.3 is 10.4 Å². The average molecular weight is 269 g/mol. The predicted molar refractivity (Wildman–Crippen MR) is 70.7 cm³/mol. The molecule has 1 fully saturated rings. The van der Waals surface area contributed by atoms with Crippen molar-refractivity contribution in [3.05, 3.63) is 17.3 Å². The van der Waals surface area contributed by atoms with Crippen molar-refractivity contribution in [1.82, 2.24) is 14.7 Å². The van der Waals surface area contributed by atoms with Crippen molar-refractivity contribution in [2.24, 2.45) is 0 Å². The zero-order chi connectivity index (χ0) is 11.7. The molecule has 1 aliphatic carbocycles. The van der Waals surface area contributed by atoms with E-state index in [0.717, 1.165) is 16.5 Å². The van der Waals surface area contributed by atoms with Gasteiger partial charge in [0.25, 0.3) is 0 Å². The molecule has 0 saturated heterocycles. The molecule has 0 aliphatic heterocycles. The van der Waals surface area contributed by atoms with Crippen LogP contribution in [0.15, 0.2) is 16.6 Å². The van der Waals surface area contributed by atoms with E-state index >= 15 is 0 Å². The minimum atomic E-state index is 0.200. The Bertz CT molecular complexity index is 504. The Morgan fingerprint density at radius 2 is 2.47 bits per heavy atom. The molecule has 0 radical (unpaired) electrons. The maximum atomic E-state index is 8.90. The van der Waals surface area contributed by atoms with Crippen LogP contribution in [0.5, 0.6) is 0 Å². The van der Waals surface area contributed by atoms with Crippen molar-refractivity contribution >= 4 is 28.1 Å². The first-order chi connectivity index (χ1) is 8.38. The first-order valence-electron chi connectivity index (χ1n) is 5.80. The summed E-state index contributed by atoms with van der Waals surface area (Å²) in [6.45, 7) is 1.07. The number of aliphatic hydroxyl groups excluding tert-OH is 1. The number of imidazole rings is 1. The molecule has 0 atom stereocenters. The number of nitrogens with one attached hydrogen (secondary N) is 1. The van der Waals surface area contributed by atoms with E-state index in [2.05, 4.69) is 26.3 Å². The highest BCUT2D eigenvalue weighted by Gasteiger charge is 2.22. The van der Waals surface area contributed by atoms with Gasteiger partial charge in [-0.15, -0.1) is 23.1 Å². The summed E-state index contributed by atoms with van der Waals surface area (Å²) < 4.78 is 2.15. The number of rotatable bonds is 6. The van der Waals surface area contributed by atoms with E-state index in [1.165, 1.54) is 18.5 Å². The largest absolute Gasteiger partial charge is 0.396 e. The molecular weight excluding hydrogens is 254 g/mol. The molecule has 0 spiro atoms. The number of fused-ring (bicyclic) bond motifs is 1. The summed E-state index contributed by atoms with van der Waals surface area (Å²) in [4.78, 5) is 5.64. The third-order valence-electron chi connectivity index (χ3n) is 2.79. The topological polar surface area (TPSA) is 49.6 Å². The normalized spacial score (nSPS) is 15.8. The molecule has 1 aliphatic rings. The second-order valence-corrected chi connectivity index (χ2v) is 6.10. The molecular formula is C11H15N3OS2. The summed E-state index contributed by atoms with van der Waals surface area (Å²) in [6.07, 6.45) is 4.66. The summed E-state index contributed by atoms with van der Waals surface area (Å²) in [5.41, 5.74) is 1.23. The van der Waals surface area contributed by atoms with Gasteiger partial charge in [0.2, 0.25) is 0 Å². The number of aliphatic hydroxyl groups is 1. The maximum Gasteiger partial charge on any atom is 0.194 e. The van der Waals surface area contributed by atoms with Crippen LogP contribution in [0.2, 0.25) is 0 Å². The summed E-state index contributed by atoms with van der Waals surface area (Å²) in [5, 5.41) is 15.5. The number of thiazole rings is 1. The van der Waals surface area contributed by atoms with Gasteiger partial charge in [0.1, 0.15) is 5.03 Å². The molecule has 0 amide bonds. The smallest absolute Gasteiger partial charge is 0.194 e. The summed E-state index contributed by atoms with van der Waals surface area (Å²) >= 11 is 3.29. The Balaban J connectivity index is 1.83. The van der Waals surface area contributed by atoms with Gasteiger partial charge >= 0.3 is 0 Å². The van der Waals surface area contributed by atoms with Crippen molar-refractivity contribution in [3.8, 4) is 0 Å². The molecule has 3 rings (SSSR count). The average Bonchev–Trinajstić information content (AvgIpc) is 2.95. The molecule has 1 saturated carbocycles. The molecule has 2 heterocycles. The molecule has 0 unspecified atom stereocenters. The van der Waals surface area contributed by atoms with Gasteiger partial charge in [-0.05, 0) is 12.8 Å². The van der Waals surface area contributed by atoms with Crippen LogP contribution >= 0.6 is 23.1 Å². The van der Waals surface area contributed by atoms with Crippen molar-refractivity contribution in [2.75, 3.05) is 12.4 Å². The zero-order valence-corrected chi connectivity index (χ0v) is 11.1. The minimum Gasteiger partial charge on any atom is -0.396 e. The highest BCUT2D eigenvalue weighted by molar-refractivity contribution is 7.99. The second kappa shape index (κ2) is 4.97. The lowest BCUT2D eigenvalue weighted by Gasteiger charge is -2.04. The molecule has 2 aromatic rings. The Labute approximate surface area is 108 Å². The Hall–Kier alpha value is -0.560.